The Labute approximate surface area is 119 Å². The van der Waals surface area contributed by atoms with E-state index in [0.717, 1.165) is 17.1 Å². The first-order valence-electron chi connectivity index (χ1n) is 6.70. The van der Waals surface area contributed by atoms with Gasteiger partial charge in [-0.3, -0.25) is 4.79 Å². The number of hydrogen-bond donors (Lipinski definition) is 1. The van der Waals surface area contributed by atoms with Gasteiger partial charge in [-0.1, -0.05) is 6.07 Å². The Bertz CT molecular complexity index is 493. The molecule has 1 aromatic rings. The summed E-state index contributed by atoms with van der Waals surface area (Å²) in [5.41, 5.74) is 0.566. The first kappa shape index (κ1) is 14.7. The zero-order chi connectivity index (χ0) is 14.8. The third kappa shape index (κ3) is 3.87. The molecule has 1 unspecified atom stereocenters. The zero-order valence-corrected chi connectivity index (χ0v) is 12.4. The maximum absolute atomic E-state index is 11.8. The standard InChI is InChI=1S/C15H21NO4/c1-10(14(17)20-15(2,3)4)16-8-11-5-6-12-13(7-11)19-9-18-12/h5-7,10,16H,8-9H2,1-4H3. The minimum Gasteiger partial charge on any atom is -0.459 e. The SMILES string of the molecule is CC(NCc1ccc2c(c1)OCO2)C(=O)OC(C)(C)C. The van der Waals surface area contributed by atoms with Crippen LogP contribution in [-0.2, 0) is 16.1 Å². The van der Waals surface area contributed by atoms with Crippen LogP contribution in [0.2, 0.25) is 0 Å². The second-order valence-electron chi connectivity index (χ2n) is 5.82. The molecule has 0 spiro atoms. The highest BCUT2D eigenvalue weighted by atomic mass is 16.7. The normalized spacial score (nSPS) is 15.0. The molecule has 0 saturated heterocycles. The van der Waals surface area contributed by atoms with E-state index < -0.39 is 5.60 Å². The molecule has 1 aliphatic heterocycles. The molecule has 0 fully saturated rings. The summed E-state index contributed by atoms with van der Waals surface area (Å²) in [6.45, 7) is 8.19. The van der Waals surface area contributed by atoms with Gasteiger partial charge in [0, 0.05) is 6.54 Å². The van der Waals surface area contributed by atoms with E-state index in [4.69, 9.17) is 14.2 Å². The average Bonchev–Trinajstić information content (AvgIpc) is 2.81. The van der Waals surface area contributed by atoms with Gasteiger partial charge in [-0.25, -0.2) is 0 Å². The number of carbonyl (C=O) groups is 1. The number of hydrogen-bond acceptors (Lipinski definition) is 5. The van der Waals surface area contributed by atoms with Crippen molar-refractivity contribution in [2.45, 2.75) is 45.9 Å². The van der Waals surface area contributed by atoms with Crippen LogP contribution in [0.5, 0.6) is 11.5 Å². The molecule has 110 valence electrons. The van der Waals surface area contributed by atoms with Gasteiger partial charge in [-0.05, 0) is 45.4 Å². The highest BCUT2D eigenvalue weighted by Gasteiger charge is 2.21. The van der Waals surface area contributed by atoms with E-state index in [-0.39, 0.29) is 18.8 Å². The van der Waals surface area contributed by atoms with Crippen LogP contribution in [0.1, 0.15) is 33.3 Å². The molecule has 5 heteroatoms. The van der Waals surface area contributed by atoms with Crippen molar-refractivity contribution in [3.63, 3.8) is 0 Å². The summed E-state index contributed by atoms with van der Waals surface area (Å²) in [5.74, 6) is 1.25. The van der Waals surface area contributed by atoms with Crippen LogP contribution in [0.3, 0.4) is 0 Å². The summed E-state index contributed by atoms with van der Waals surface area (Å²) in [4.78, 5) is 11.8. The third-order valence-corrected chi connectivity index (χ3v) is 2.81. The van der Waals surface area contributed by atoms with Crippen molar-refractivity contribution in [1.82, 2.24) is 5.32 Å². The molecule has 20 heavy (non-hydrogen) atoms. The maximum atomic E-state index is 11.8. The van der Waals surface area contributed by atoms with Gasteiger partial charge in [0.2, 0.25) is 6.79 Å². The quantitative estimate of drug-likeness (QED) is 0.857. The lowest BCUT2D eigenvalue weighted by atomic mass is 10.1. The van der Waals surface area contributed by atoms with Crippen LogP contribution in [0, 0.1) is 0 Å². The van der Waals surface area contributed by atoms with Gasteiger partial charge in [0.25, 0.3) is 0 Å². The van der Waals surface area contributed by atoms with Crippen molar-refractivity contribution in [2.75, 3.05) is 6.79 Å². The summed E-state index contributed by atoms with van der Waals surface area (Å²) >= 11 is 0. The van der Waals surface area contributed by atoms with E-state index in [2.05, 4.69) is 5.32 Å². The Morgan fingerprint density at radius 3 is 2.75 bits per heavy atom. The van der Waals surface area contributed by atoms with Crippen molar-refractivity contribution >= 4 is 5.97 Å². The number of ether oxygens (including phenoxy) is 3. The summed E-state index contributed by atoms with van der Waals surface area (Å²) < 4.78 is 15.9. The Morgan fingerprint density at radius 2 is 2.05 bits per heavy atom. The number of rotatable bonds is 4. The lowest BCUT2D eigenvalue weighted by Gasteiger charge is -2.22. The van der Waals surface area contributed by atoms with Gasteiger partial charge in [-0.15, -0.1) is 0 Å². The Kier molecular flexibility index (Phi) is 4.18. The molecule has 1 N–H and O–H groups in total. The molecule has 0 saturated carbocycles. The molecular weight excluding hydrogens is 258 g/mol. The molecule has 1 aliphatic rings. The van der Waals surface area contributed by atoms with Crippen molar-refractivity contribution < 1.29 is 19.0 Å². The summed E-state index contributed by atoms with van der Waals surface area (Å²) in [6.07, 6.45) is 0. The number of esters is 1. The number of nitrogens with one attached hydrogen (secondary N) is 1. The largest absolute Gasteiger partial charge is 0.459 e. The fourth-order valence-corrected chi connectivity index (χ4v) is 1.80. The summed E-state index contributed by atoms with van der Waals surface area (Å²) in [7, 11) is 0. The van der Waals surface area contributed by atoms with E-state index in [0.29, 0.717) is 6.54 Å². The molecule has 2 rings (SSSR count). The lowest BCUT2D eigenvalue weighted by Crippen LogP contribution is -2.38. The fourth-order valence-electron chi connectivity index (χ4n) is 1.80. The molecule has 1 aromatic carbocycles. The monoisotopic (exact) mass is 279 g/mol. The van der Waals surface area contributed by atoms with Crippen LogP contribution >= 0.6 is 0 Å². The van der Waals surface area contributed by atoms with E-state index in [1.165, 1.54) is 0 Å². The van der Waals surface area contributed by atoms with E-state index >= 15 is 0 Å². The topological polar surface area (TPSA) is 56.8 Å². The molecule has 0 aliphatic carbocycles. The van der Waals surface area contributed by atoms with Crippen LogP contribution < -0.4 is 14.8 Å². The summed E-state index contributed by atoms with van der Waals surface area (Å²) in [6, 6.07) is 5.37. The van der Waals surface area contributed by atoms with Crippen molar-refractivity contribution in [3.05, 3.63) is 23.8 Å². The van der Waals surface area contributed by atoms with Crippen LogP contribution in [0.25, 0.3) is 0 Å². The maximum Gasteiger partial charge on any atom is 0.323 e. The third-order valence-electron chi connectivity index (χ3n) is 2.81. The van der Waals surface area contributed by atoms with Crippen LogP contribution in [0.4, 0.5) is 0 Å². The Balaban J connectivity index is 1.87. The number of fused-ring (bicyclic) bond motifs is 1. The predicted octanol–water partition coefficient (Wildman–Crippen LogP) is 2.24. The molecule has 0 radical (unpaired) electrons. The zero-order valence-electron chi connectivity index (χ0n) is 12.4. The van der Waals surface area contributed by atoms with E-state index in [1.54, 1.807) is 6.92 Å². The van der Waals surface area contributed by atoms with E-state index in [9.17, 15) is 4.79 Å². The van der Waals surface area contributed by atoms with E-state index in [1.807, 2.05) is 39.0 Å². The van der Waals surface area contributed by atoms with Gasteiger partial charge < -0.3 is 19.5 Å². The Hall–Kier alpha value is -1.75. The van der Waals surface area contributed by atoms with Gasteiger partial charge in [0.15, 0.2) is 11.5 Å². The molecule has 0 aromatic heterocycles. The smallest absolute Gasteiger partial charge is 0.323 e. The highest BCUT2D eigenvalue weighted by molar-refractivity contribution is 5.75. The second-order valence-corrected chi connectivity index (χ2v) is 5.82. The Morgan fingerprint density at radius 1 is 1.35 bits per heavy atom. The van der Waals surface area contributed by atoms with Gasteiger partial charge in [0.1, 0.15) is 11.6 Å². The lowest BCUT2D eigenvalue weighted by molar-refractivity contribution is -0.157. The first-order chi connectivity index (χ1) is 9.35. The van der Waals surface area contributed by atoms with Gasteiger partial charge >= 0.3 is 5.97 Å². The first-order valence-corrected chi connectivity index (χ1v) is 6.70. The van der Waals surface area contributed by atoms with Crippen LogP contribution in [-0.4, -0.2) is 24.4 Å². The minimum atomic E-state index is -0.466. The molecule has 1 heterocycles. The van der Waals surface area contributed by atoms with Crippen molar-refractivity contribution in [3.8, 4) is 11.5 Å². The minimum absolute atomic E-state index is 0.252. The van der Waals surface area contributed by atoms with Gasteiger partial charge in [-0.2, -0.15) is 0 Å². The molecule has 0 amide bonds. The van der Waals surface area contributed by atoms with Crippen molar-refractivity contribution in [2.24, 2.45) is 0 Å². The predicted molar refractivity (Wildman–Crippen MR) is 74.7 cm³/mol. The molecule has 1 atom stereocenters. The highest BCUT2D eigenvalue weighted by Crippen LogP contribution is 2.32. The second kappa shape index (κ2) is 5.71. The number of benzene rings is 1. The molecule has 5 nitrogen and oxygen atoms in total. The molecule has 0 bridgehead atoms. The molecular formula is C15H21NO4. The average molecular weight is 279 g/mol. The number of carbonyl (C=O) groups excluding carboxylic acids is 1. The summed E-state index contributed by atoms with van der Waals surface area (Å²) in [5, 5.41) is 3.14. The van der Waals surface area contributed by atoms with Gasteiger partial charge in [0.05, 0.1) is 0 Å². The van der Waals surface area contributed by atoms with Crippen molar-refractivity contribution in [1.29, 1.82) is 0 Å². The van der Waals surface area contributed by atoms with Crippen LogP contribution in [0.15, 0.2) is 18.2 Å². The fraction of sp³-hybridized carbons (Fsp3) is 0.533.